The Morgan fingerprint density at radius 2 is 0.697 bits per heavy atom. The molecule has 56 nitrogen and oxygen atoms in total. The number of aliphatic hydroxyl groups is 7. The van der Waals surface area contributed by atoms with Crippen molar-refractivity contribution in [2.45, 2.75) is 307 Å². The highest BCUT2D eigenvalue weighted by atomic mass is 32.2. The van der Waals surface area contributed by atoms with Crippen LogP contribution in [-0.2, 0) is 115 Å². The normalized spacial score (nSPS) is 17.0. The maximum Gasteiger partial charge on any atom is 0.328 e. The van der Waals surface area contributed by atoms with Gasteiger partial charge >= 0.3 is 17.9 Å². The number of carboxylic acid groups (broad SMARTS) is 3. The van der Waals surface area contributed by atoms with Crippen LogP contribution in [0.2, 0.25) is 0 Å². The molecule has 1 rings (SSSR count). The Morgan fingerprint density at radius 3 is 1.11 bits per heavy atom. The number of amides is 21. The number of hydrogen-bond donors (Lipinski definition) is 31. The minimum atomic E-state index is -1.99. The zero-order chi connectivity index (χ0) is 109. The van der Waals surface area contributed by atoms with Crippen molar-refractivity contribution in [3.05, 3.63) is 0 Å². The molecule has 21 amide bonds. The van der Waals surface area contributed by atoms with E-state index in [0.29, 0.717) is 0 Å². The molecule has 0 spiro atoms. The van der Waals surface area contributed by atoms with E-state index in [9.17, 15) is 161 Å². The van der Waals surface area contributed by atoms with E-state index in [1.165, 1.54) is 53.3 Å². The van der Waals surface area contributed by atoms with Gasteiger partial charge in [0, 0.05) is 25.8 Å². The minimum absolute atomic E-state index is 0.0855. The first-order chi connectivity index (χ1) is 66.2. The fourth-order valence-corrected chi connectivity index (χ4v) is 14.2. The van der Waals surface area contributed by atoms with Gasteiger partial charge in [-0.15, -0.1) is 0 Å². The van der Waals surface area contributed by atoms with E-state index in [1.807, 2.05) is 0 Å². The number of likely N-dealkylation sites (tertiary alicyclic amines) is 1. The number of carbonyl (C=O) groups is 24. The average molecular weight is 2050 g/mol. The molecule has 1 fully saturated rings. The standard InChI is InChI=1S/C85H144N22O34S/c1-16-39(10)63(103-68(123)44(86)29-59(120)121)81(136)93-46(19-22-55(87)115)69(124)92-48(25-27-142-15)72(127)104-64(41(12)112)82(137)94-47(20-23-56(88)116)70(125)99-53(34-111)84(139)107-26-17-18-54(107)77(132)90-40(11)67(122)96-50(31-108)74(129)95-49(28-35(2)3)73(128)97-51(32-109)75(130)101-61(37(6)7)79(134)98-52(33-110)76(131)100-60(36(4)5)78(133)89-30-57(117)91-45(21-24-58(118)119)71(126)105-65(42(13)113)83(138)102-62(38(8)9)80(135)106-66(43(14)114)85(140)141/h35-54,60-66,108-114H,16-34,86H2,1-15H3,(H2,87,115)(H2,88,116)(H,89,133)(H,90,132)(H,91,117)(H,92,124)(H,93,136)(H,94,137)(H,95,129)(H,96,122)(H,97,128)(H,98,134)(H,99,125)(H,100,131)(H,101,130)(H,102,138)(H,103,123)(H,104,127)(H,105,126)(H,106,135)(H,118,119)(H,120,121)(H,140,141)/t39-,40-,41+,42+,43+,44-,45-,46-,47-,48-,49-,50-,51-,52-,53-,54-,60-,61-,62-,63-,64-,65-,66-/m0/s1. The first-order valence-corrected chi connectivity index (χ1v) is 47.3. The molecule has 34 N–H and O–H groups in total. The summed E-state index contributed by atoms with van der Waals surface area (Å²) < 4.78 is 0. The molecule has 1 aliphatic rings. The smallest absolute Gasteiger partial charge is 0.328 e. The van der Waals surface area contributed by atoms with Crippen LogP contribution in [0.1, 0.15) is 174 Å². The van der Waals surface area contributed by atoms with Gasteiger partial charge in [-0.3, -0.25) is 110 Å². The summed E-state index contributed by atoms with van der Waals surface area (Å²) in [6.07, 6.45) is -8.04. The van der Waals surface area contributed by atoms with E-state index >= 15 is 0 Å². The fourth-order valence-electron chi connectivity index (χ4n) is 13.7. The third kappa shape index (κ3) is 43.8. The summed E-state index contributed by atoms with van der Waals surface area (Å²) in [5, 5.41) is 142. The number of nitrogens with zero attached hydrogens (tertiary/aromatic N) is 1. The number of aliphatic carboxylic acids is 3. The Bertz CT molecular complexity index is 4370. The molecule has 0 unspecified atom stereocenters. The molecule has 0 aromatic carbocycles. The number of nitrogens with two attached hydrogens (primary N) is 3. The molecule has 0 bridgehead atoms. The highest BCUT2D eigenvalue weighted by molar-refractivity contribution is 7.98. The van der Waals surface area contributed by atoms with Crippen LogP contribution >= 0.6 is 11.8 Å². The third-order valence-electron chi connectivity index (χ3n) is 22.2. The van der Waals surface area contributed by atoms with Crippen molar-refractivity contribution in [1.29, 1.82) is 0 Å². The lowest BCUT2D eigenvalue weighted by molar-refractivity contribution is -0.145. The van der Waals surface area contributed by atoms with Gasteiger partial charge in [-0.1, -0.05) is 75.7 Å². The van der Waals surface area contributed by atoms with Crippen molar-refractivity contribution in [3.8, 4) is 0 Å². The molecule has 0 saturated carbocycles. The van der Waals surface area contributed by atoms with E-state index in [-0.39, 0.29) is 44.4 Å². The maximum absolute atomic E-state index is 14.3. The first-order valence-electron chi connectivity index (χ1n) is 45.9. The molecule has 0 aromatic rings. The molecule has 0 aromatic heterocycles. The van der Waals surface area contributed by atoms with Gasteiger partial charge < -0.3 is 169 Å². The van der Waals surface area contributed by atoms with Crippen molar-refractivity contribution in [2.24, 2.45) is 46.8 Å². The average Bonchev–Trinajstić information content (AvgIpc) is 1.64. The number of rotatable bonds is 66. The van der Waals surface area contributed by atoms with E-state index in [4.69, 9.17) is 22.3 Å². The summed E-state index contributed by atoms with van der Waals surface area (Å²) in [6.45, 7) is 13.5. The molecule has 1 saturated heterocycles. The number of carboxylic acids is 3. The number of nitrogens with one attached hydrogen (secondary N) is 18. The van der Waals surface area contributed by atoms with Crippen LogP contribution < -0.4 is 113 Å². The van der Waals surface area contributed by atoms with Crippen LogP contribution in [0.3, 0.4) is 0 Å². The number of primary amides is 2. The minimum Gasteiger partial charge on any atom is -0.481 e. The van der Waals surface area contributed by atoms with Crippen LogP contribution in [0.15, 0.2) is 0 Å². The van der Waals surface area contributed by atoms with E-state index < -0.39 is 383 Å². The zero-order valence-corrected chi connectivity index (χ0v) is 82.7. The summed E-state index contributed by atoms with van der Waals surface area (Å²) in [4.78, 5) is 322. The molecule has 142 heavy (non-hydrogen) atoms. The Kier molecular flexibility index (Phi) is 56.7. The van der Waals surface area contributed by atoms with E-state index in [1.54, 1.807) is 34.0 Å². The van der Waals surface area contributed by atoms with Crippen molar-refractivity contribution in [2.75, 3.05) is 51.5 Å². The lowest BCUT2D eigenvalue weighted by atomic mass is 9.97. The first kappa shape index (κ1) is 127. The van der Waals surface area contributed by atoms with Crippen molar-refractivity contribution in [1.82, 2.24) is 101 Å². The number of thioether (sulfide) groups is 1. The fraction of sp³-hybridized carbons (Fsp3) is 0.718. The van der Waals surface area contributed by atoms with Gasteiger partial charge in [-0.05, 0) is 114 Å². The third-order valence-corrected chi connectivity index (χ3v) is 22.8. The highest BCUT2D eigenvalue weighted by Gasteiger charge is 2.44. The van der Waals surface area contributed by atoms with Crippen LogP contribution in [0.25, 0.3) is 0 Å². The zero-order valence-electron chi connectivity index (χ0n) is 81.9. The Balaban J connectivity index is 3.32. The predicted octanol–water partition coefficient (Wildman–Crippen LogP) is -13.4. The highest BCUT2D eigenvalue weighted by Crippen LogP contribution is 2.21. The summed E-state index contributed by atoms with van der Waals surface area (Å²) >= 11 is 1.20. The molecule has 0 radical (unpaired) electrons. The number of aliphatic hydroxyl groups excluding tert-OH is 7. The molecular formula is C85H144N22O34S. The molecule has 0 aliphatic carbocycles. The van der Waals surface area contributed by atoms with Gasteiger partial charge in [0.1, 0.15) is 103 Å². The number of hydrogen-bond acceptors (Lipinski definition) is 33. The summed E-state index contributed by atoms with van der Waals surface area (Å²) in [6, 6.07) is -32.5. The Morgan fingerprint density at radius 1 is 0.366 bits per heavy atom. The van der Waals surface area contributed by atoms with Gasteiger partial charge in [-0.25, -0.2) is 4.79 Å². The van der Waals surface area contributed by atoms with Crippen LogP contribution in [-0.4, -0.2) is 383 Å². The molecular weight excluding hydrogens is 1910 g/mol. The van der Waals surface area contributed by atoms with E-state index in [2.05, 4.69) is 95.7 Å². The largest absolute Gasteiger partial charge is 0.481 e. The lowest BCUT2D eigenvalue weighted by Crippen LogP contribution is -2.62. The monoisotopic (exact) mass is 2050 g/mol. The lowest BCUT2D eigenvalue weighted by Gasteiger charge is -2.30. The summed E-state index contributed by atoms with van der Waals surface area (Å²) in [7, 11) is 0. The van der Waals surface area contributed by atoms with Gasteiger partial charge in [0.05, 0.1) is 63.7 Å². The van der Waals surface area contributed by atoms with Crippen LogP contribution in [0.4, 0.5) is 0 Å². The molecule has 1 heterocycles. The topological polar surface area (TPSA) is 910 Å². The van der Waals surface area contributed by atoms with Gasteiger partial charge in [0.15, 0.2) is 6.04 Å². The second-order valence-corrected chi connectivity index (χ2v) is 36.6. The molecule has 804 valence electrons. The van der Waals surface area contributed by atoms with Gasteiger partial charge in [-0.2, -0.15) is 11.8 Å². The predicted molar refractivity (Wildman–Crippen MR) is 498 cm³/mol. The van der Waals surface area contributed by atoms with Crippen LogP contribution in [0.5, 0.6) is 0 Å². The Hall–Kier alpha value is -12.7. The SMILES string of the molecule is CC[C@H](C)[C@H](NC(=O)[C@@H](N)CC(=O)O)C(=O)N[C@@H](CCC(N)=O)C(=O)N[C@@H](CCSC)C(=O)N[C@H](C(=O)N[C@@H](CCC(N)=O)C(=O)N[C@@H](CO)C(=O)N1CCC[C@H]1C(=O)N[C@@H](C)C(=O)N[C@@H](CO)C(=O)N[C@@H](CC(C)C)C(=O)N[C@@H](CO)C(=O)N[C@H](C(=O)N[C@@H](CO)C(=O)N[C@H](C(=O)NCC(=O)N[C@@H](CCC(=O)O)C(=O)N[C@H](C(=O)N[C@H](C(=O)N[C@H](C(=O)O)[C@@H](C)O)C(C)C)[C@@H](C)O)C(C)C)C(C)C)[C@@H](C)O. The van der Waals surface area contributed by atoms with Gasteiger partial charge in [0.25, 0.3) is 0 Å². The summed E-state index contributed by atoms with van der Waals surface area (Å²) in [5.41, 5.74) is 16.5. The maximum atomic E-state index is 14.3. The second-order valence-electron chi connectivity index (χ2n) is 35.6. The van der Waals surface area contributed by atoms with Crippen molar-refractivity contribution < 1.29 is 166 Å². The molecule has 57 heteroatoms. The second kappa shape index (κ2) is 63.3. The summed E-state index contributed by atoms with van der Waals surface area (Å²) in [5.74, 6) is -31.5. The quantitative estimate of drug-likeness (QED) is 0.0269. The molecule has 23 atom stereocenters. The van der Waals surface area contributed by atoms with Crippen molar-refractivity contribution >= 4 is 154 Å². The number of carbonyl (C=O) groups excluding carboxylic acids is 21. The van der Waals surface area contributed by atoms with E-state index in [0.717, 1.165) is 32.6 Å². The van der Waals surface area contributed by atoms with Crippen LogP contribution in [0, 0.1) is 29.6 Å². The molecule has 1 aliphatic heterocycles. The van der Waals surface area contributed by atoms with Gasteiger partial charge in [0.2, 0.25) is 124 Å². The van der Waals surface area contributed by atoms with Crippen molar-refractivity contribution in [3.63, 3.8) is 0 Å². The Labute approximate surface area is 822 Å².